The van der Waals surface area contributed by atoms with Gasteiger partial charge in [-0.25, -0.2) is 0 Å². The molecule has 110 valence electrons. The number of fused-ring (bicyclic) bond motifs is 1. The zero-order valence-corrected chi connectivity index (χ0v) is 12.4. The molecule has 0 aliphatic carbocycles. The van der Waals surface area contributed by atoms with Gasteiger partial charge in [0, 0.05) is 12.6 Å². The second kappa shape index (κ2) is 6.27. The van der Waals surface area contributed by atoms with Crippen molar-refractivity contribution in [2.45, 2.75) is 31.7 Å². The quantitative estimate of drug-likeness (QED) is 0.909. The van der Waals surface area contributed by atoms with Crippen molar-refractivity contribution < 1.29 is 4.79 Å². The number of hydrogen-bond acceptors (Lipinski definition) is 2. The summed E-state index contributed by atoms with van der Waals surface area (Å²) in [5, 5.41) is 8.89. The lowest BCUT2D eigenvalue weighted by molar-refractivity contribution is -0.123. The molecule has 1 heterocycles. The van der Waals surface area contributed by atoms with E-state index in [1.54, 1.807) is 0 Å². The van der Waals surface area contributed by atoms with Crippen molar-refractivity contribution in [1.82, 2.24) is 10.6 Å². The topological polar surface area (TPSA) is 41.1 Å². The molecule has 2 N–H and O–H groups in total. The van der Waals surface area contributed by atoms with Crippen LogP contribution in [-0.2, 0) is 4.79 Å². The fourth-order valence-electron chi connectivity index (χ4n) is 2.93. The van der Waals surface area contributed by atoms with Crippen LogP contribution >= 0.6 is 0 Å². The molecule has 21 heavy (non-hydrogen) atoms. The third kappa shape index (κ3) is 3.24. The van der Waals surface area contributed by atoms with Gasteiger partial charge in [-0.15, -0.1) is 0 Å². The second-order valence-electron chi connectivity index (χ2n) is 5.88. The van der Waals surface area contributed by atoms with E-state index in [1.165, 1.54) is 10.8 Å². The molecule has 1 amide bonds. The van der Waals surface area contributed by atoms with Crippen molar-refractivity contribution in [2.75, 3.05) is 13.1 Å². The fraction of sp³-hybridized carbons (Fsp3) is 0.389. The molecule has 2 aromatic rings. The molecule has 1 saturated heterocycles. The third-order valence-electron chi connectivity index (χ3n) is 4.31. The molecule has 2 atom stereocenters. The standard InChI is InChI=1S/C18H22N2O/c1-13(18(21)20-17-7-4-10-19-12-17)15-9-8-14-5-2-3-6-16(14)11-15/h2-3,5-6,8-9,11,13,17,19H,4,7,10,12H2,1H3,(H,20,21). The van der Waals surface area contributed by atoms with Gasteiger partial charge in [0.2, 0.25) is 5.91 Å². The van der Waals surface area contributed by atoms with Gasteiger partial charge in [0.1, 0.15) is 0 Å². The fourth-order valence-corrected chi connectivity index (χ4v) is 2.93. The van der Waals surface area contributed by atoms with E-state index in [9.17, 15) is 4.79 Å². The first-order valence-corrected chi connectivity index (χ1v) is 7.74. The van der Waals surface area contributed by atoms with Crippen LogP contribution in [0.3, 0.4) is 0 Å². The minimum Gasteiger partial charge on any atom is -0.352 e. The van der Waals surface area contributed by atoms with E-state index in [1.807, 2.05) is 19.1 Å². The lowest BCUT2D eigenvalue weighted by Crippen LogP contribution is -2.46. The minimum atomic E-state index is -0.114. The average Bonchev–Trinajstić information content (AvgIpc) is 2.54. The van der Waals surface area contributed by atoms with E-state index >= 15 is 0 Å². The Labute approximate surface area is 125 Å². The zero-order chi connectivity index (χ0) is 14.7. The highest BCUT2D eigenvalue weighted by molar-refractivity contribution is 5.87. The summed E-state index contributed by atoms with van der Waals surface area (Å²) < 4.78 is 0. The molecule has 0 bridgehead atoms. The first-order chi connectivity index (χ1) is 10.2. The van der Waals surface area contributed by atoms with E-state index in [0.29, 0.717) is 0 Å². The number of benzene rings is 2. The summed E-state index contributed by atoms with van der Waals surface area (Å²) in [5.41, 5.74) is 1.08. The number of carbonyl (C=O) groups excluding carboxylic acids is 1. The predicted molar refractivity (Wildman–Crippen MR) is 86.4 cm³/mol. The predicted octanol–water partition coefficient (Wildman–Crippen LogP) is 2.81. The van der Waals surface area contributed by atoms with E-state index in [2.05, 4.69) is 41.0 Å². The maximum Gasteiger partial charge on any atom is 0.227 e. The summed E-state index contributed by atoms with van der Waals surface area (Å²) in [7, 11) is 0. The van der Waals surface area contributed by atoms with Crippen LogP contribution in [0.4, 0.5) is 0 Å². The SMILES string of the molecule is CC(C(=O)NC1CCCNC1)c1ccc2ccccc2c1. The smallest absolute Gasteiger partial charge is 0.227 e. The molecular weight excluding hydrogens is 260 g/mol. The summed E-state index contributed by atoms with van der Waals surface area (Å²) in [4.78, 5) is 12.4. The van der Waals surface area contributed by atoms with Gasteiger partial charge in [-0.05, 0) is 42.6 Å². The summed E-state index contributed by atoms with van der Waals surface area (Å²) in [6.07, 6.45) is 2.21. The summed E-state index contributed by atoms with van der Waals surface area (Å²) in [5.74, 6) is 0.00973. The van der Waals surface area contributed by atoms with Crippen molar-refractivity contribution in [1.29, 1.82) is 0 Å². The summed E-state index contributed by atoms with van der Waals surface area (Å²) in [6.45, 7) is 3.93. The van der Waals surface area contributed by atoms with Crippen LogP contribution in [0.1, 0.15) is 31.2 Å². The Kier molecular flexibility index (Phi) is 4.20. The Hall–Kier alpha value is -1.87. The largest absolute Gasteiger partial charge is 0.352 e. The van der Waals surface area contributed by atoms with Gasteiger partial charge in [-0.2, -0.15) is 0 Å². The second-order valence-corrected chi connectivity index (χ2v) is 5.88. The Balaban J connectivity index is 1.72. The van der Waals surface area contributed by atoms with Crippen LogP contribution in [0.2, 0.25) is 0 Å². The van der Waals surface area contributed by atoms with Gasteiger partial charge in [-0.1, -0.05) is 42.5 Å². The molecule has 1 aliphatic rings. The van der Waals surface area contributed by atoms with E-state index in [0.717, 1.165) is 31.5 Å². The van der Waals surface area contributed by atoms with Gasteiger partial charge in [0.15, 0.2) is 0 Å². The highest BCUT2D eigenvalue weighted by Gasteiger charge is 2.20. The molecule has 3 heteroatoms. The van der Waals surface area contributed by atoms with Crippen LogP contribution < -0.4 is 10.6 Å². The van der Waals surface area contributed by atoms with Crippen LogP contribution in [0.5, 0.6) is 0 Å². The number of nitrogens with one attached hydrogen (secondary N) is 2. The number of piperidine rings is 1. The highest BCUT2D eigenvalue weighted by atomic mass is 16.1. The number of carbonyl (C=O) groups is 1. The lowest BCUT2D eigenvalue weighted by atomic mass is 9.96. The Morgan fingerprint density at radius 3 is 2.81 bits per heavy atom. The zero-order valence-electron chi connectivity index (χ0n) is 12.4. The van der Waals surface area contributed by atoms with E-state index in [4.69, 9.17) is 0 Å². The molecule has 3 rings (SSSR count). The third-order valence-corrected chi connectivity index (χ3v) is 4.31. The molecular formula is C18H22N2O. The molecule has 3 nitrogen and oxygen atoms in total. The number of amides is 1. The number of rotatable bonds is 3. The molecule has 1 aliphatic heterocycles. The monoisotopic (exact) mass is 282 g/mol. The Morgan fingerprint density at radius 2 is 2.05 bits per heavy atom. The first kappa shape index (κ1) is 14.1. The highest BCUT2D eigenvalue weighted by Crippen LogP contribution is 2.22. The summed E-state index contributed by atoms with van der Waals surface area (Å²) >= 11 is 0. The van der Waals surface area contributed by atoms with Gasteiger partial charge >= 0.3 is 0 Å². The van der Waals surface area contributed by atoms with Crippen molar-refractivity contribution in [3.63, 3.8) is 0 Å². The normalized spacial score (nSPS) is 20.1. The summed E-state index contributed by atoms with van der Waals surface area (Å²) in [6, 6.07) is 14.8. The average molecular weight is 282 g/mol. The van der Waals surface area contributed by atoms with E-state index < -0.39 is 0 Å². The van der Waals surface area contributed by atoms with Crippen LogP contribution in [-0.4, -0.2) is 25.0 Å². The molecule has 0 radical (unpaired) electrons. The number of hydrogen-bond donors (Lipinski definition) is 2. The minimum absolute atomic E-state index is 0.114. The molecule has 0 saturated carbocycles. The Morgan fingerprint density at radius 1 is 1.24 bits per heavy atom. The molecule has 0 spiro atoms. The van der Waals surface area contributed by atoms with Crippen LogP contribution in [0.15, 0.2) is 42.5 Å². The molecule has 2 unspecified atom stereocenters. The van der Waals surface area contributed by atoms with Gasteiger partial charge in [0.05, 0.1) is 5.92 Å². The van der Waals surface area contributed by atoms with Gasteiger partial charge < -0.3 is 10.6 Å². The first-order valence-electron chi connectivity index (χ1n) is 7.74. The van der Waals surface area contributed by atoms with Crippen LogP contribution in [0.25, 0.3) is 10.8 Å². The molecule has 0 aromatic heterocycles. The molecule has 1 fully saturated rings. The maximum absolute atomic E-state index is 12.4. The van der Waals surface area contributed by atoms with Crippen LogP contribution in [0, 0.1) is 0 Å². The van der Waals surface area contributed by atoms with Gasteiger partial charge in [-0.3, -0.25) is 4.79 Å². The van der Waals surface area contributed by atoms with Crippen molar-refractivity contribution in [2.24, 2.45) is 0 Å². The van der Waals surface area contributed by atoms with E-state index in [-0.39, 0.29) is 17.9 Å². The van der Waals surface area contributed by atoms with Crippen molar-refractivity contribution in [3.8, 4) is 0 Å². The molecule has 2 aromatic carbocycles. The lowest BCUT2D eigenvalue weighted by Gasteiger charge is -2.25. The Bertz CT molecular complexity index is 632. The van der Waals surface area contributed by atoms with Gasteiger partial charge in [0.25, 0.3) is 0 Å². The van der Waals surface area contributed by atoms with Crippen molar-refractivity contribution >= 4 is 16.7 Å². The van der Waals surface area contributed by atoms with Crippen molar-refractivity contribution in [3.05, 3.63) is 48.0 Å². The maximum atomic E-state index is 12.4.